The molecular formula is C23H22N4O5. The number of ether oxygens (including phenoxy) is 1. The number of guanidine groups is 1. The predicted octanol–water partition coefficient (Wildman–Crippen LogP) is 3.48. The van der Waals surface area contributed by atoms with Gasteiger partial charge in [-0.1, -0.05) is 55.5 Å². The van der Waals surface area contributed by atoms with E-state index in [1.165, 1.54) is 12.1 Å². The number of nitrogens with zero attached hydrogens (tertiary/aromatic N) is 1. The van der Waals surface area contributed by atoms with E-state index in [2.05, 4.69) is 15.6 Å². The van der Waals surface area contributed by atoms with Crippen LogP contribution in [0.4, 0.5) is 10.5 Å². The number of furan rings is 1. The number of nitrogens with one attached hydrogen (secondary N) is 2. The van der Waals surface area contributed by atoms with Gasteiger partial charge in [0, 0.05) is 5.69 Å². The first kappa shape index (κ1) is 22.3. The van der Waals surface area contributed by atoms with Crippen LogP contribution in [0.5, 0.6) is 0 Å². The highest BCUT2D eigenvalue weighted by Crippen LogP contribution is 2.17. The monoisotopic (exact) mass is 434 g/mol. The van der Waals surface area contributed by atoms with Crippen LogP contribution in [0.3, 0.4) is 0 Å². The summed E-state index contributed by atoms with van der Waals surface area (Å²) in [5.74, 6) is -1.97. The minimum Gasteiger partial charge on any atom is -0.446 e. The van der Waals surface area contributed by atoms with E-state index in [9.17, 15) is 14.4 Å². The Morgan fingerprint density at radius 1 is 0.938 bits per heavy atom. The molecule has 3 amide bonds. The molecule has 2 aromatic carbocycles. The molecule has 0 aliphatic rings. The number of hydrogen-bond donors (Lipinski definition) is 3. The molecule has 9 heteroatoms. The maximum atomic E-state index is 12.4. The lowest BCUT2D eigenvalue weighted by molar-refractivity contribution is 0.0940. The molecule has 4 N–H and O–H groups in total. The van der Waals surface area contributed by atoms with Crippen molar-refractivity contribution in [2.75, 3.05) is 5.32 Å². The van der Waals surface area contributed by atoms with Crippen LogP contribution in [0.1, 0.15) is 39.2 Å². The van der Waals surface area contributed by atoms with Gasteiger partial charge in [-0.25, -0.2) is 4.79 Å². The largest absolute Gasteiger partial charge is 0.446 e. The summed E-state index contributed by atoms with van der Waals surface area (Å²) < 4.78 is 10.3. The van der Waals surface area contributed by atoms with E-state index in [4.69, 9.17) is 14.9 Å². The van der Waals surface area contributed by atoms with Crippen molar-refractivity contribution in [3.8, 4) is 0 Å². The van der Waals surface area contributed by atoms with Gasteiger partial charge in [0.1, 0.15) is 6.61 Å². The number of para-hydroxylation sites is 1. The van der Waals surface area contributed by atoms with Crippen LogP contribution in [-0.4, -0.2) is 23.9 Å². The van der Waals surface area contributed by atoms with Crippen molar-refractivity contribution in [1.82, 2.24) is 5.32 Å². The lowest BCUT2D eigenvalue weighted by atomic mass is 10.1. The van der Waals surface area contributed by atoms with E-state index in [-0.39, 0.29) is 18.1 Å². The molecule has 0 unspecified atom stereocenters. The Morgan fingerprint density at radius 3 is 2.31 bits per heavy atom. The van der Waals surface area contributed by atoms with Gasteiger partial charge in [-0.05, 0) is 35.7 Å². The Kier molecular flexibility index (Phi) is 7.37. The standard InChI is InChI=1S/C23H22N4O5/c1-2-16-10-6-7-11-17(16)25-20(28)18-12-13-19(32-18)21(29)26-22(24)27-23(30)31-14-15-8-4-3-5-9-15/h3-13H,2,14H2,1H3,(H,25,28)(H3,24,26,27,29,30). The van der Waals surface area contributed by atoms with Crippen molar-refractivity contribution < 1.29 is 23.5 Å². The Hall–Kier alpha value is -4.40. The average molecular weight is 434 g/mol. The highest BCUT2D eigenvalue weighted by atomic mass is 16.5. The lowest BCUT2D eigenvalue weighted by Crippen LogP contribution is -2.37. The van der Waals surface area contributed by atoms with E-state index < -0.39 is 23.9 Å². The number of aliphatic imine (C=N–C) groups is 1. The third-order valence-electron chi connectivity index (χ3n) is 4.36. The molecule has 9 nitrogen and oxygen atoms in total. The summed E-state index contributed by atoms with van der Waals surface area (Å²) in [6, 6.07) is 19.1. The molecule has 0 atom stereocenters. The second-order valence-electron chi connectivity index (χ2n) is 6.62. The third-order valence-corrected chi connectivity index (χ3v) is 4.36. The number of nitrogens with two attached hydrogens (primary N) is 1. The topological polar surface area (TPSA) is 136 Å². The molecular weight excluding hydrogens is 412 g/mol. The number of benzene rings is 2. The molecule has 0 saturated carbocycles. The number of anilines is 1. The molecule has 3 rings (SSSR count). The number of hydrogen-bond acceptors (Lipinski definition) is 5. The first-order chi connectivity index (χ1) is 15.5. The molecule has 0 aliphatic carbocycles. The van der Waals surface area contributed by atoms with Crippen molar-refractivity contribution >= 4 is 29.6 Å². The molecule has 0 radical (unpaired) electrons. The van der Waals surface area contributed by atoms with E-state index in [1.807, 2.05) is 43.3 Å². The van der Waals surface area contributed by atoms with E-state index in [0.29, 0.717) is 5.69 Å². The van der Waals surface area contributed by atoms with Gasteiger partial charge in [0.25, 0.3) is 11.8 Å². The molecule has 0 aliphatic heterocycles. The molecule has 0 spiro atoms. The zero-order chi connectivity index (χ0) is 22.9. The fraction of sp³-hybridized carbons (Fsp3) is 0.130. The van der Waals surface area contributed by atoms with Crippen molar-refractivity contribution in [3.63, 3.8) is 0 Å². The maximum absolute atomic E-state index is 12.4. The molecule has 32 heavy (non-hydrogen) atoms. The van der Waals surface area contributed by atoms with Crippen LogP contribution in [0.15, 0.2) is 76.1 Å². The van der Waals surface area contributed by atoms with Crippen molar-refractivity contribution in [2.45, 2.75) is 20.0 Å². The fourth-order valence-electron chi connectivity index (χ4n) is 2.77. The summed E-state index contributed by atoms with van der Waals surface area (Å²) >= 11 is 0. The zero-order valence-corrected chi connectivity index (χ0v) is 17.3. The first-order valence-electron chi connectivity index (χ1n) is 9.81. The molecule has 0 saturated heterocycles. The number of carbonyl (C=O) groups is 3. The number of carbonyl (C=O) groups excluding carboxylic acids is 3. The Balaban J connectivity index is 1.55. The van der Waals surface area contributed by atoms with E-state index >= 15 is 0 Å². The Bertz CT molecular complexity index is 1140. The van der Waals surface area contributed by atoms with Crippen LogP contribution in [-0.2, 0) is 17.8 Å². The summed E-state index contributed by atoms with van der Waals surface area (Å²) in [6.45, 7) is 1.99. The second kappa shape index (κ2) is 10.6. The van der Waals surface area contributed by atoms with Gasteiger partial charge in [0.15, 0.2) is 11.5 Å². The normalized spacial score (nSPS) is 11.0. The summed E-state index contributed by atoms with van der Waals surface area (Å²) in [7, 11) is 0. The van der Waals surface area contributed by atoms with Gasteiger partial charge in [0.05, 0.1) is 0 Å². The summed E-state index contributed by atoms with van der Waals surface area (Å²) in [5, 5.41) is 4.96. The molecule has 3 aromatic rings. The zero-order valence-electron chi connectivity index (χ0n) is 17.3. The van der Waals surface area contributed by atoms with Crippen molar-refractivity contribution in [3.05, 3.63) is 89.4 Å². The number of aryl methyl sites for hydroxylation is 1. The van der Waals surface area contributed by atoms with Crippen LogP contribution in [0.25, 0.3) is 0 Å². The van der Waals surface area contributed by atoms with Gasteiger partial charge < -0.3 is 20.2 Å². The Labute approximate surface area is 184 Å². The molecule has 0 bridgehead atoms. The third kappa shape index (κ3) is 6.05. The highest BCUT2D eigenvalue weighted by molar-refractivity contribution is 6.07. The van der Waals surface area contributed by atoms with E-state index in [1.54, 1.807) is 18.2 Å². The van der Waals surface area contributed by atoms with Crippen LogP contribution >= 0.6 is 0 Å². The lowest BCUT2D eigenvalue weighted by Gasteiger charge is -2.08. The molecule has 1 aromatic heterocycles. The predicted molar refractivity (Wildman–Crippen MR) is 118 cm³/mol. The van der Waals surface area contributed by atoms with Gasteiger partial charge >= 0.3 is 6.09 Å². The van der Waals surface area contributed by atoms with Crippen LogP contribution in [0.2, 0.25) is 0 Å². The van der Waals surface area contributed by atoms with E-state index in [0.717, 1.165) is 17.5 Å². The maximum Gasteiger partial charge on any atom is 0.437 e. The van der Waals surface area contributed by atoms with Gasteiger partial charge in [0.2, 0.25) is 5.96 Å². The van der Waals surface area contributed by atoms with Crippen LogP contribution in [0, 0.1) is 0 Å². The highest BCUT2D eigenvalue weighted by Gasteiger charge is 2.17. The van der Waals surface area contributed by atoms with Crippen molar-refractivity contribution in [1.29, 1.82) is 0 Å². The summed E-state index contributed by atoms with van der Waals surface area (Å²) in [6.07, 6.45) is -0.213. The molecule has 1 heterocycles. The number of amides is 3. The quantitative estimate of drug-likeness (QED) is 0.401. The second-order valence-corrected chi connectivity index (χ2v) is 6.62. The minimum absolute atomic E-state index is 0.0161. The average Bonchev–Trinajstić information content (AvgIpc) is 3.29. The SMILES string of the molecule is CCc1ccccc1NC(=O)c1ccc(C(=O)NC(N)=NC(=O)OCc2ccccc2)o1. The molecule has 0 fully saturated rings. The fourth-order valence-corrected chi connectivity index (χ4v) is 2.77. The van der Waals surface area contributed by atoms with Gasteiger partial charge in [-0.15, -0.1) is 4.99 Å². The van der Waals surface area contributed by atoms with Gasteiger partial charge in [-0.2, -0.15) is 0 Å². The number of rotatable bonds is 6. The molecule has 164 valence electrons. The Morgan fingerprint density at radius 2 is 1.59 bits per heavy atom. The van der Waals surface area contributed by atoms with Gasteiger partial charge in [-0.3, -0.25) is 14.9 Å². The smallest absolute Gasteiger partial charge is 0.437 e. The van der Waals surface area contributed by atoms with Crippen molar-refractivity contribution in [2.24, 2.45) is 10.7 Å². The minimum atomic E-state index is -0.958. The summed E-state index contributed by atoms with van der Waals surface area (Å²) in [5.41, 5.74) is 7.98. The summed E-state index contributed by atoms with van der Waals surface area (Å²) in [4.78, 5) is 39.9. The first-order valence-corrected chi connectivity index (χ1v) is 9.81. The van der Waals surface area contributed by atoms with Crippen LogP contribution < -0.4 is 16.4 Å².